The van der Waals surface area contributed by atoms with E-state index in [9.17, 15) is 0 Å². The first-order valence-electron chi connectivity index (χ1n) is 9.71. The van der Waals surface area contributed by atoms with Gasteiger partial charge in [-0.2, -0.15) is 15.1 Å². The lowest BCUT2D eigenvalue weighted by Crippen LogP contribution is -2.46. The molecule has 0 saturated carbocycles. The molecule has 1 fully saturated rings. The van der Waals surface area contributed by atoms with Gasteiger partial charge in [0.2, 0.25) is 5.95 Å². The number of nitrogens with one attached hydrogen (secondary N) is 1. The predicted molar refractivity (Wildman–Crippen MR) is 111 cm³/mol. The highest BCUT2D eigenvalue weighted by atomic mass is 16.5. The first kappa shape index (κ1) is 18.5. The van der Waals surface area contributed by atoms with E-state index in [1.807, 2.05) is 25.4 Å². The van der Waals surface area contributed by atoms with E-state index in [2.05, 4.69) is 39.3 Å². The van der Waals surface area contributed by atoms with Gasteiger partial charge in [-0.3, -0.25) is 4.68 Å². The minimum absolute atomic E-state index is 0.675. The van der Waals surface area contributed by atoms with Crippen LogP contribution in [0.25, 0.3) is 11.0 Å². The van der Waals surface area contributed by atoms with Crippen molar-refractivity contribution in [3.63, 3.8) is 0 Å². The Bertz CT molecular complexity index is 930. The fourth-order valence-corrected chi connectivity index (χ4v) is 3.48. The molecule has 0 unspecified atom stereocenters. The fourth-order valence-electron chi connectivity index (χ4n) is 3.48. The van der Waals surface area contributed by atoms with Crippen LogP contribution in [0, 0.1) is 0 Å². The summed E-state index contributed by atoms with van der Waals surface area (Å²) in [6.07, 6.45) is 1.82. The van der Waals surface area contributed by atoms with E-state index >= 15 is 0 Å². The van der Waals surface area contributed by atoms with Crippen LogP contribution in [0.1, 0.15) is 12.5 Å². The van der Waals surface area contributed by atoms with E-state index in [1.165, 1.54) is 0 Å². The molecule has 4 rings (SSSR count). The molecule has 8 nitrogen and oxygen atoms in total. The van der Waals surface area contributed by atoms with Crippen molar-refractivity contribution in [2.45, 2.75) is 13.5 Å². The van der Waals surface area contributed by atoms with Crippen molar-refractivity contribution >= 4 is 22.8 Å². The molecule has 0 atom stereocenters. The Hall–Kier alpha value is -2.87. The summed E-state index contributed by atoms with van der Waals surface area (Å²) >= 11 is 0. The molecule has 1 saturated heterocycles. The third-order valence-electron chi connectivity index (χ3n) is 5.30. The summed E-state index contributed by atoms with van der Waals surface area (Å²) in [7, 11) is 3.59. The fraction of sp³-hybridized carbons (Fsp3) is 0.450. The Kier molecular flexibility index (Phi) is 5.29. The summed E-state index contributed by atoms with van der Waals surface area (Å²) in [5.41, 5.74) is 2.01. The molecule has 0 bridgehead atoms. The van der Waals surface area contributed by atoms with Crippen LogP contribution in [-0.2, 0) is 13.6 Å². The summed E-state index contributed by atoms with van der Waals surface area (Å²) in [4.78, 5) is 14.3. The number of methoxy groups -OCH3 is 1. The zero-order valence-electron chi connectivity index (χ0n) is 16.7. The van der Waals surface area contributed by atoms with E-state index in [-0.39, 0.29) is 0 Å². The number of benzene rings is 1. The molecule has 0 spiro atoms. The molecular formula is C20H27N7O. The Balaban J connectivity index is 1.57. The molecule has 3 heterocycles. The highest BCUT2D eigenvalue weighted by Crippen LogP contribution is 2.24. The Labute approximate surface area is 165 Å². The lowest BCUT2D eigenvalue weighted by atomic mass is 10.2. The van der Waals surface area contributed by atoms with Gasteiger partial charge in [0.25, 0.3) is 0 Å². The summed E-state index contributed by atoms with van der Waals surface area (Å²) in [5.74, 6) is 2.44. The second-order valence-corrected chi connectivity index (χ2v) is 7.00. The third-order valence-corrected chi connectivity index (χ3v) is 5.30. The van der Waals surface area contributed by atoms with E-state index in [4.69, 9.17) is 14.7 Å². The molecule has 0 aliphatic carbocycles. The topological polar surface area (TPSA) is 71.3 Å². The molecule has 2 aromatic heterocycles. The number of aromatic nitrogens is 4. The Morgan fingerprint density at radius 1 is 1.07 bits per heavy atom. The third kappa shape index (κ3) is 3.73. The van der Waals surface area contributed by atoms with Crippen molar-refractivity contribution in [3.05, 3.63) is 36.0 Å². The van der Waals surface area contributed by atoms with Crippen LogP contribution in [0.5, 0.6) is 5.75 Å². The van der Waals surface area contributed by atoms with Gasteiger partial charge in [0.15, 0.2) is 5.65 Å². The zero-order chi connectivity index (χ0) is 19.5. The van der Waals surface area contributed by atoms with Crippen molar-refractivity contribution in [2.24, 2.45) is 7.05 Å². The summed E-state index contributed by atoms with van der Waals surface area (Å²) < 4.78 is 7.04. The smallest absolute Gasteiger partial charge is 0.229 e. The average molecular weight is 381 g/mol. The molecule has 0 amide bonds. The zero-order valence-corrected chi connectivity index (χ0v) is 16.7. The number of hydrogen-bond donors (Lipinski definition) is 1. The number of ether oxygens (including phenoxy) is 1. The number of aryl methyl sites for hydroxylation is 1. The molecule has 1 aliphatic heterocycles. The van der Waals surface area contributed by atoms with Crippen LogP contribution < -0.4 is 15.0 Å². The van der Waals surface area contributed by atoms with Crippen LogP contribution in [-0.4, -0.2) is 64.5 Å². The van der Waals surface area contributed by atoms with Gasteiger partial charge in [-0.25, -0.2) is 0 Å². The number of nitrogens with zero attached hydrogens (tertiary/aromatic N) is 6. The normalized spacial score (nSPS) is 15.2. The number of fused-ring (bicyclic) bond motifs is 1. The van der Waals surface area contributed by atoms with Gasteiger partial charge >= 0.3 is 0 Å². The maximum absolute atomic E-state index is 5.23. The number of likely N-dealkylation sites (N-methyl/N-ethyl adjacent to an activating group) is 1. The summed E-state index contributed by atoms with van der Waals surface area (Å²) in [6.45, 7) is 7.92. The molecule has 8 heteroatoms. The number of anilines is 2. The first-order valence-corrected chi connectivity index (χ1v) is 9.71. The van der Waals surface area contributed by atoms with Crippen molar-refractivity contribution < 1.29 is 4.74 Å². The SMILES string of the molecule is CCN1CCN(c2nc(NCc3ccc(OC)cc3)c3cnn(C)c3n2)CC1. The monoisotopic (exact) mass is 381 g/mol. The minimum Gasteiger partial charge on any atom is -0.497 e. The van der Waals surface area contributed by atoms with E-state index in [0.717, 1.165) is 66.8 Å². The van der Waals surface area contributed by atoms with Crippen molar-refractivity contribution in [2.75, 3.05) is 50.1 Å². The highest BCUT2D eigenvalue weighted by Gasteiger charge is 2.20. The van der Waals surface area contributed by atoms with Gasteiger partial charge < -0.3 is 19.9 Å². The van der Waals surface area contributed by atoms with E-state index in [1.54, 1.807) is 11.8 Å². The molecule has 0 radical (unpaired) electrons. The van der Waals surface area contributed by atoms with Crippen LogP contribution in [0.2, 0.25) is 0 Å². The summed E-state index contributed by atoms with van der Waals surface area (Å²) in [5, 5.41) is 8.79. The number of piperazine rings is 1. The van der Waals surface area contributed by atoms with Crippen LogP contribution in [0.15, 0.2) is 30.5 Å². The second-order valence-electron chi connectivity index (χ2n) is 7.00. The molecule has 1 aliphatic rings. The van der Waals surface area contributed by atoms with Gasteiger partial charge in [0, 0.05) is 39.8 Å². The molecule has 148 valence electrons. The van der Waals surface area contributed by atoms with Crippen molar-refractivity contribution in [1.82, 2.24) is 24.6 Å². The Morgan fingerprint density at radius 3 is 2.50 bits per heavy atom. The maximum atomic E-state index is 5.23. The summed E-state index contributed by atoms with van der Waals surface area (Å²) in [6, 6.07) is 8.04. The van der Waals surface area contributed by atoms with Crippen molar-refractivity contribution in [1.29, 1.82) is 0 Å². The largest absolute Gasteiger partial charge is 0.497 e. The minimum atomic E-state index is 0.675. The van der Waals surface area contributed by atoms with Gasteiger partial charge in [0.05, 0.1) is 18.7 Å². The molecular weight excluding hydrogens is 354 g/mol. The lowest BCUT2D eigenvalue weighted by molar-refractivity contribution is 0.270. The molecule has 1 N–H and O–H groups in total. The second kappa shape index (κ2) is 8.02. The van der Waals surface area contributed by atoms with Gasteiger partial charge in [-0.05, 0) is 24.2 Å². The van der Waals surface area contributed by atoms with E-state index < -0.39 is 0 Å². The van der Waals surface area contributed by atoms with Crippen LogP contribution >= 0.6 is 0 Å². The standard InChI is InChI=1S/C20H27N7O/c1-4-26-9-11-27(12-10-26)20-23-18(17-14-22-25(2)19(17)24-20)21-13-15-5-7-16(28-3)8-6-15/h5-8,14H,4,9-13H2,1-3H3,(H,21,23,24). The quantitative estimate of drug-likeness (QED) is 0.701. The molecule has 28 heavy (non-hydrogen) atoms. The van der Waals surface area contributed by atoms with E-state index in [0.29, 0.717) is 6.54 Å². The predicted octanol–water partition coefficient (Wildman–Crippen LogP) is 2.13. The Morgan fingerprint density at radius 2 is 1.82 bits per heavy atom. The van der Waals surface area contributed by atoms with Gasteiger partial charge in [-0.1, -0.05) is 19.1 Å². The average Bonchev–Trinajstić information content (AvgIpc) is 3.13. The van der Waals surface area contributed by atoms with Gasteiger partial charge in [0.1, 0.15) is 11.6 Å². The first-order chi connectivity index (χ1) is 13.7. The maximum Gasteiger partial charge on any atom is 0.229 e. The van der Waals surface area contributed by atoms with Crippen LogP contribution in [0.3, 0.4) is 0 Å². The van der Waals surface area contributed by atoms with Gasteiger partial charge in [-0.15, -0.1) is 0 Å². The van der Waals surface area contributed by atoms with Crippen molar-refractivity contribution in [3.8, 4) is 5.75 Å². The van der Waals surface area contributed by atoms with Crippen LogP contribution in [0.4, 0.5) is 11.8 Å². The lowest BCUT2D eigenvalue weighted by Gasteiger charge is -2.34. The molecule has 3 aromatic rings. The number of rotatable bonds is 6. The molecule has 1 aromatic carbocycles. The highest BCUT2D eigenvalue weighted by molar-refractivity contribution is 5.87. The number of hydrogen-bond acceptors (Lipinski definition) is 7.